The monoisotopic (exact) mass is 253 g/mol. The van der Waals surface area contributed by atoms with Crippen LogP contribution in [0.1, 0.15) is 17.0 Å². The number of nitrogens with one attached hydrogen (secondary N) is 1. The smallest absolute Gasteiger partial charge is 0.325 e. The van der Waals surface area contributed by atoms with E-state index in [4.69, 9.17) is 11.6 Å². The van der Waals surface area contributed by atoms with Crippen LogP contribution < -0.4 is 5.32 Å². The Balaban J connectivity index is 1.73. The Labute approximate surface area is 106 Å². The molecular formula is C13H16ClNO2. The molecule has 0 aromatic heterocycles. The number of halogens is 1. The third-order valence-corrected chi connectivity index (χ3v) is 3.46. The highest BCUT2D eigenvalue weighted by molar-refractivity contribution is 6.30. The molecule has 4 heteroatoms. The highest BCUT2D eigenvalue weighted by Crippen LogP contribution is 2.33. The van der Waals surface area contributed by atoms with E-state index in [0.29, 0.717) is 12.5 Å². The van der Waals surface area contributed by atoms with Crippen molar-refractivity contribution < 1.29 is 9.53 Å². The van der Waals surface area contributed by atoms with E-state index in [-0.39, 0.29) is 5.97 Å². The van der Waals surface area contributed by atoms with Gasteiger partial charge in [-0.25, -0.2) is 0 Å². The molecule has 92 valence electrons. The molecule has 0 saturated carbocycles. The van der Waals surface area contributed by atoms with Gasteiger partial charge in [-0.05, 0) is 17.5 Å². The molecular weight excluding hydrogens is 238 g/mol. The van der Waals surface area contributed by atoms with Gasteiger partial charge in [0.1, 0.15) is 5.38 Å². The summed E-state index contributed by atoms with van der Waals surface area (Å²) in [6.45, 7) is 1.31. The van der Waals surface area contributed by atoms with Crippen LogP contribution in [-0.4, -0.2) is 31.5 Å². The highest BCUT2D eigenvalue weighted by atomic mass is 35.5. The Morgan fingerprint density at radius 3 is 3.06 bits per heavy atom. The van der Waals surface area contributed by atoms with Crippen LogP contribution in [0.2, 0.25) is 0 Å². The first-order valence-electron chi connectivity index (χ1n) is 5.72. The zero-order chi connectivity index (χ0) is 12.3. The van der Waals surface area contributed by atoms with Crippen molar-refractivity contribution in [2.45, 2.75) is 17.7 Å². The molecule has 3 nitrogen and oxygen atoms in total. The first-order valence-corrected chi connectivity index (χ1v) is 6.16. The molecule has 2 rings (SSSR count). The summed E-state index contributed by atoms with van der Waals surface area (Å²) in [7, 11) is 1.35. The summed E-state index contributed by atoms with van der Waals surface area (Å²) in [6.07, 6.45) is 1.11. The molecule has 0 fully saturated rings. The van der Waals surface area contributed by atoms with Crippen molar-refractivity contribution in [3.05, 3.63) is 35.4 Å². The maximum Gasteiger partial charge on any atom is 0.325 e. The molecule has 0 radical (unpaired) electrons. The zero-order valence-electron chi connectivity index (χ0n) is 9.78. The van der Waals surface area contributed by atoms with Gasteiger partial charge in [0.05, 0.1) is 7.11 Å². The number of carbonyl (C=O) groups excluding carboxylic acids is 1. The van der Waals surface area contributed by atoms with E-state index in [2.05, 4.69) is 34.3 Å². The molecule has 17 heavy (non-hydrogen) atoms. The van der Waals surface area contributed by atoms with Crippen molar-refractivity contribution >= 4 is 17.6 Å². The van der Waals surface area contributed by atoms with E-state index >= 15 is 0 Å². The van der Waals surface area contributed by atoms with Crippen molar-refractivity contribution in [3.8, 4) is 0 Å². The third kappa shape index (κ3) is 2.79. The average molecular weight is 254 g/mol. The minimum Gasteiger partial charge on any atom is -0.468 e. The molecule has 2 atom stereocenters. The van der Waals surface area contributed by atoms with Crippen molar-refractivity contribution in [1.82, 2.24) is 5.32 Å². The first kappa shape index (κ1) is 12.4. The Bertz CT molecular complexity index is 408. The summed E-state index contributed by atoms with van der Waals surface area (Å²) in [6, 6.07) is 8.44. The van der Waals surface area contributed by atoms with Crippen molar-refractivity contribution in [1.29, 1.82) is 0 Å². The summed E-state index contributed by atoms with van der Waals surface area (Å²) < 4.78 is 4.56. The van der Waals surface area contributed by atoms with E-state index in [1.807, 2.05) is 0 Å². The zero-order valence-corrected chi connectivity index (χ0v) is 10.5. The number of methoxy groups -OCH3 is 1. The van der Waals surface area contributed by atoms with Gasteiger partial charge in [-0.15, -0.1) is 11.6 Å². The Hall–Kier alpha value is -1.06. The second-order valence-corrected chi connectivity index (χ2v) is 4.78. The van der Waals surface area contributed by atoms with Gasteiger partial charge in [0, 0.05) is 19.0 Å². The molecule has 2 unspecified atom stereocenters. The fraction of sp³-hybridized carbons (Fsp3) is 0.462. The van der Waals surface area contributed by atoms with Gasteiger partial charge in [0.15, 0.2) is 0 Å². The van der Waals surface area contributed by atoms with Gasteiger partial charge in [-0.1, -0.05) is 24.3 Å². The lowest BCUT2D eigenvalue weighted by atomic mass is 9.77. The number of rotatable bonds is 5. The number of ether oxygens (including phenoxy) is 1. The van der Waals surface area contributed by atoms with Crippen LogP contribution in [0.25, 0.3) is 0 Å². The number of fused-ring (bicyclic) bond motifs is 1. The van der Waals surface area contributed by atoms with E-state index in [1.165, 1.54) is 18.2 Å². The molecule has 0 saturated heterocycles. The van der Waals surface area contributed by atoms with Crippen molar-refractivity contribution in [3.63, 3.8) is 0 Å². The van der Waals surface area contributed by atoms with Crippen LogP contribution in [0.5, 0.6) is 0 Å². The molecule has 0 amide bonds. The molecule has 1 aliphatic carbocycles. The molecule has 1 N–H and O–H groups in total. The van der Waals surface area contributed by atoms with Gasteiger partial charge in [0.25, 0.3) is 0 Å². The highest BCUT2D eigenvalue weighted by Gasteiger charge is 2.25. The number of hydrogen-bond donors (Lipinski definition) is 1. The summed E-state index contributed by atoms with van der Waals surface area (Å²) >= 11 is 5.84. The first-order chi connectivity index (χ1) is 8.22. The summed E-state index contributed by atoms with van der Waals surface area (Å²) in [5.74, 6) is 0.167. The molecule has 0 bridgehead atoms. The number of hydrogen-bond acceptors (Lipinski definition) is 3. The fourth-order valence-corrected chi connectivity index (χ4v) is 2.34. The van der Waals surface area contributed by atoms with Crippen molar-refractivity contribution in [2.24, 2.45) is 0 Å². The minimum absolute atomic E-state index is 0.381. The Morgan fingerprint density at radius 1 is 1.59 bits per heavy atom. The lowest BCUT2D eigenvalue weighted by Crippen LogP contribution is -2.35. The van der Waals surface area contributed by atoms with Gasteiger partial charge in [-0.3, -0.25) is 4.79 Å². The van der Waals surface area contributed by atoms with Gasteiger partial charge < -0.3 is 10.1 Å². The quantitative estimate of drug-likeness (QED) is 0.641. The average Bonchev–Trinajstić information content (AvgIpc) is 2.33. The summed E-state index contributed by atoms with van der Waals surface area (Å²) in [5.41, 5.74) is 2.83. The summed E-state index contributed by atoms with van der Waals surface area (Å²) in [4.78, 5) is 11.1. The number of esters is 1. The predicted octanol–water partition coefficient (Wildman–Crippen LogP) is 1.70. The lowest BCUT2D eigenvalue weighted by Gasteiger charge is -2.30. The van der Waals surface area contributed by atoms with Crippen LogP contribution in [0.15, 0.2) is 24.3 Å². The van der Waals surface area contributed by atoms with Crippen LogP contribution in [0, 0.1) is 0 Å². The van der Waals surface area contributed by atoms with E-state index in [9.17, 15) is 4.79 Å². The minimum atomic E-state index is -0.602. The number of benzene rings is 1. The third-order valence-electron chi connectivity index (χ3n) is 3.13. The van der Waals surface area contributed by atoms with E-state index < -0.39 is 5.38 Å². The summed E-state index contributed by atoms with van der Waals surface area (Å²) in [5, 5.41) is 2.61. The number of carbonyl (C=O) groups is 1. The maximum atomic E-state index is 11.1. The predicted molar refractivity (Wildman–Crippen MR) is 67.4 cm³/mol. The normalized spacial score (nSPS) is 19.1. The van der Waals surface area contributed by atoms with Gasteiger partial charge in [-0.2, -0.15) is 0 Å². The van der Waals surface area contributed by atoms with Crippen LogP contribution in [-0.2, 0) is 16.0 Å². The van der Waals surface area contributed by atoms with E-state index in [1.54, 1.807) is 0 Å². The molecule has 1 aliphatic rings. The van der Waals surface area contributed by atoms with Gasteiger partial charge >= 0.3 is 5.97 Å². The topological polar surface area (TPSA) is 38.3 Å². The molecule has 0 aliphatic heterocycles. The maximum absolute atomic E-state index is 11.1. The largest absolute Gasteiger partial charge is 0.468 e. The lowest BCUT2D eigenvalue weighted by molar-refractivity contribution is -0.140. The SMILES string of the molecule is COC(=O)C(Cl)CNCC1Cc2ccccc21. The van der Waals surface area contributed by atoms with Crippen molar-refractivity contribution in [2.75, 3.05) is 20.2 Å². The fourth-order valence-electron chi connectivity index (χ4n) is 2.14. The Morgan fingerprint density at radius 2 is 2.35 bits per heavy atom. The number of alkyl halides is 1. The van der Waals surface area contributed by atoms with Crippen LogP contribution in [0.3, 0.4) is 0 Å². The molecule has 0 heterocycles. The standard InChI is InChI=1S/C13H16ClNO2/c1-17-13(16)12(14)8-15-7-10-6-9-4-2-3-5-11(9)10/h2-5,10,12,15H,6-8H2,1H3. The molecule has 1 aromatic carbocycles. The molecule has 0 spiro atoms. The van der Waals surface area contributed by atoms with E-state index in [0.717, 1.165) is 13.0 Å². The second-order valence-electron chi connectivity index (χ2n) is 4.25. The Kier molecular flexibility index (Phi) is 4.02. The molecule has 1 aromatic rings. The van der Waals surface area contributed by atoms with Gasteiger partial charge in [0.2, 0.25) is 0 Å². The van der Waals surface area contributed by atoms with Crippen LogP contribution >= 0.6 is 11.6 Å². The van der Waals surface area contributed by atoms with Crippen LogP contribution in [0.4, 0.5) is 0 Å². The second kappa shape index (κ2) is 5.52.